The molecule has 0 bridgehead atoms. The van der Waals surface area contributed by atoms with Crippen LogP contribution in [0, 0.1) is 0 Å². The molecule has 4 unspecified atom stereocenters. The van der Waals surface area contributed by atoms with Crippen LogP contribution in [0.15, 0.2) is 12.2 Å². The summed E-state index contributed by atoms with van der Waals surface area (Å²) in [6, 6.07) is 0. The van der Waals surface area contributed by atoms with Crippen molar-refractivity contribution in [2.24, 2.45) is 0 Å². The molecule has 1 spiro atoms. The van der Waals surface area contributed by atoms with Crippen LogP contribution in [0.1, 0.15) is 6.92 Å². The summed E-state index contributed by atoms with van der Waals surface area (Å²) in [6.45, 7) is -0.328. The molecule has 10 aliphatic rings. The molecule has 10 heterocycles. The van der Waals surface area contributed by atoms with Gasteiger partial charge in [0.15, 0.2) is 0 Å². The molecule has 74 valence electrons. The van der Waals surface area contributed by atoms with Crippen LogP contribution in [0.5, 0.6) is 0 Å². The van der Waals surface area contributed by atoms with Crippen LogP contribution in [0.25, 0.3) is 0 Å². The second-order valence-corrected chi connectivity index (χ2v) is 33.8. The van der Waals surface area contributed by atoms with Gasteiger partial charge in [0.05, 0.1) is 0 Å². The Kier molecular flexibility index (Phi) is 0.102. The molecule has 0 N–H and O–H groups in total. The van der Waals surface area contributed by atoms with Gasteiger partial charge in [-0.15, -0.1) is 0 Å². The number of hydrogen-bond acceptors (Lipinski definition) is 0. The Morgan fingerprint density at radius 2 is 1.36 bits per heavy atom. The normalized spacial score (nSPS) is 143. The third-order valence-electron chi connectivity index (χ3n) is 15.2. The van der Waals surface area contributed by atoms with Crippen molar-refractivity contribution < 1.29 is 6.51 Å². The van der Waals surface area contributed by atoms with Crippen LogP contribution in [0.3, 0.4) is 0 Å². The molecule has 14 heavy (non-hydrogen) atoms. The predicted molar refractivity (Wildman–Crippen MR) is 51.3 cm³/mol. The van der Waals surface area contributed by atoms with Gasteiger partial charge in [0.2, 0.25) is 0 Å². The van der Waals surface area contributed by atoms with Gasteiger partial charge >= 0.3 is 73.2 Å². The van der Waals surface area contributed by atoms with Gasteiger partial charge in [-0.1, -0.05) is 0 Å². The van der Waals surface area contributed by atoms with Crippen LogP contribution in [-0.4, -0.2) is 0 Å². The van der Waals surface area contributed by atoms with Gasteiger partial charge in [-0.2, -0.15) is 0 Å². The first-order valence-corrected chi connectivity index (χ1v) is 12.7. The monoisotopic (exact) mass is 226 g/mol. The Bertz CT molecular complexity index is 824. The van der Waals surface area contributed by atoms with Crippen molar-refractivity contribution in [2.75, 3.05) is 0 Å². The first kappa shape index (κ1) is 4.63. The van der Waals surface area contributed by atoms with E-state index in [0.717, 1.165) is 4.31 Å². The summed E-state index contributed by atoms with van der Waals surface area (Å²) < 4.78 is 1.06. The van der Waals surface area contributed by atoms with E-state index in [1.807, 2.05) is 0 Å². The average molecular weight is 226 g/mol. The number of fused-ring (bicyclic) bond motifs is 10. The Morgan fingerprint density at radius 1 is 0.857 bits per heavy atom. The van der Waals surface area contributed by atoms with E-state index in [1.165, 1.54) is 43.3 Å². The summed E-state index contributed by atoms with van der Waals surface area (Å²) >= 11 is 0. The zero-order valence-corrected chi connectivity index (χ0v) is 9.31. The maximum absolute atomic E-state index is 2.82. The van der Waals surface area contributed by atoms with Crippen molar-refractivity contribution in [3.8, 4) is 0 Å². The first-order chi connectivity index (χ1) is 6.61. The second-order valence-electron chi connectivity index (χ2n) is 10.2. The summed E-state index contributed by atoms with van der Waals surface area (Å²) in [5.74, 6) is 0. The Morgan fingerprint density at radius 3 is 1.57 bits per heavy atom. The molecule has 10 aliphatic heterocycles. The molecule has 0 aromatic rings. The Balaban J connectivity index is 1.94. The molecule has 10 fully saturated rings. The van der Waals surface area contributed by atoms with Crippen molar-refractivity contribution in [2.45, 2.75) is 54.6 Å². The summed E-state index contributed by atoms with van der Waals surface area (Å²) in [4.78, 5) is 13.5. The van der Waals surface area contributed by atoms with Crippen molar-refractivity contribution in [3.05, 3.63) is 12.2 Å². The minimum absolute atomic E-state index is 1.06. The third-order valence-corrected chi connectivity index (χ3v) is 57.7. The van der Waals surface area contributed by atoms with Crippen LogP contribution in [0.4, 0.5) is 0 Å². The number of allylic oxidation sites excluding steroid dienone is 2. The van der Waals surface area contributed by atoms with Crippen LogP contribution < -0.4 is 0 Å². The van der Waals surface area contributed by atoms with E-state index in [9.17, 15) is 0 Å². The SMILES string of the molecule is C/C=C/[C]12[CH]3[CH]4[CH]5[CH]1[Fe]45321678[CH]2[CH]1[CH]6[CH]7[CH]28. The molecule has 10 saturated heterocycles. The summed E-state index contributed by atoms with van der Waals surface area (Å²) in [5, 5.41) is 0. The second kappa shape index (κ2) is 0.309. The number of rotatable bonds is 1. The van der Waals surface area contributed by atoms with E-state index in [-0.39, 0.29) is 0 Å². The van der Waals surface area contributed by atoms with Gasteiger partial charge in [0, 0.05) is 0 Å². The van der Waals surface area contributed by atoms with Gasteiger partial charge in [-0.25, -0.2) is 0 Å². The summed E-state index contributed by atoms with van der Waals surface area (Å²) in [6.07, 6.45) is 5.28. The fourth-order valence-corrected chi connectivity index (χ4v) is 91.0. The molecule has 0 radical (unpaired) electrons. The Hall–Kier alpha value is 0.259. The topological polar surface area (TPSA) is 0 Å². The fraction of sp³-hybridized carbons (Fsp3) is 0.846. The van der Waals surface area contributed by atoms with Crippen molar-refractivity contribution in [1.82, 2.24) is 0 Å². The molecule has 0 aromatic carbocycles. The van der Waals surface area contributed by atoms with Gasteiger partial charge in [0.1, 0.15) is 0 Å². The standard InChI is InChI=1S/C8H9.C5H5.Fe/c1-2-5-8-6-3-4-7-8;1-2-4-5-3-1;/h2-7H,1H3;1-5H;/b5-2+;;. The third kappa shape index (κ3) is 0.0329. The zero-order chi connectivity index (χ0) is 8.43. The molecule has 0 amide bonds. The average Bonchev–Trinajstić information content (AvgIpc) is 3.14. The summed E-state index contributed by atoms with van der Waals surface area (Å²) in [5.41, 5.74) is 0. The maximum atomic E-state index is 2.82. The summed E-state index contributed by atoms with van der Waals surface area (Å²) in [7, 11) is 0. The number of hydrogen-bond donors (Lipinski definition) is 0. The zero-order valence-electron chi connectivity index (χ0n) is 8.20. The molecular weight excluding hydrogens is 212 g/mol. The molecule has 0 saturated carbocycles. The molecule has 4 atom stereocenters. The van der Waals surface area contributed by atoms with Gasteiger partial charge in [-0.3, -0.25) is 0 Å². The van der Waals surface area contributed by atoms with Gasteiger partial charge < -0.3 is 0 Å². The van der Waals surface area contributed by atoms with Crippen LogP contribution in [-0.2, 0) is 6.51 Å². The molecule has 0 aliphatic carbocycles. The molecular formula is C13H14Fe. The van der Waals surface area contributed by atoms with Crippen molar-refractivity contribution in [3.63, 3.8) is 0 Å². The van der Waals surface area contributed by atoms with Crippen LogP contribution in [0.2, 0.25) is 47.7 Å². The van der Waals surface area contributed by atoms with Crippen molar-refractivity contribution in [1.29, 1.82) is 0 Å². The molecule has 0 nitrogen and oxygen atoms in total. The predicted octanol–water partition coefficient (Wildman–Crippen LogP) is 4.32. The van der Waals surface area contributed by atoms with Crippen molar-refractivity contribution >= 4 is 0 Å². The first-order valence-electron chi connectivity index (χ1n) is 6.46. The quantitative estimate of drug-likeness (QED) is 0.461. The molecule has 1 heteroatoms. The van der Waals surface area contributed by atoms with E-state index in [1.54, 1.807) is 0 Å². The van der Waals surface area contributed by atoms with E-state index < -0.39 is 6.51 Å². The van der Waals surface area contributed by atoms with E-state index in [4.69, 9.17) is 0 Å². The fourth-order valence-electron chi connectivity index (χ4n) is 17.1. The van der Waals surface area contributed by atoms with Crippen LogP contribution >= 0.6 is 0 Å². The minimum atomic E-state index is -2.63. The molecule has 0 aromatic heterocycles. The van der Waals surface area contributed by atoms with E-state index in [2.05, 4.69) is 19.1 Å². The molecule has 10 rings (SSSR count). The van der Waals surface area contributed by atoms with E-state index in [0.29, 0.717) is 0 Å². The van der Waals surface area contributed by atoms with Gasteiger partial charge in [0.25, 0.3) is 0 Å². The van der Waals surface area contributed by atoms with E-state index >= 15 is 0 Å². The van der Waals surface area contributed by atoms with Gasteiger partial charge in [-0.05, 0) is 0 Å². The Labute approximate surface area is 73.4 Å².